The molecule has 1 aliphatic rings. The summed E-state index contributed by atoms with van der Waals surface area (Å²) < 4.78 is 1.58. The van der Waals surface area contributed by atoms with Crippen molar-refractivity contribution < 1.29 is 9.90 Å². The van der Waals surface area contributed by atoms with E-state index in [2.05, 4.69) is 10.3 Å². The summed E-state index contributed by atoms with van der Waals surface area (Å²) in [5.74, 6) is 0.0519. The van der Waals surface area contributed by atoms with Crippen molar-refractivity contribution in [1.82, 2.24) is 14.9 Å². The summed E-state index contributed by atoms with van der Waals surface area (Å²) in [6.45, 7) is 3.87. The standard InChI is InChI=1S/C10H15N3O2S/c1-10(2)6(9(14)15)12-8(16-10)7-11-4-5-13(7)3/h4-6,8,12H,1-3H3,(H,14,15). The predicted octanol–water partition coefficient (Wildman–Crippen LogP) is 0.987. The Hall–Kier alpha value is -1.01. The molecule has 0 spiro atoms. The van der Waals surface area contributed by atoms with Crippen LogP contribution in [0.5, 0.6) is 0 Å². The van der Waals surface area contributed by atoms with E-state index in [1.54, 1.807) is 18.0 Å². The second-order valence-corrected chi connectivity index (χ2v) is 6.19. The van der Waals surface area contributed by atoms with Gasteiger partial charge in [-0.15, -0.1) is 11.8 Å². The molecule has 1 aromatic heterocycles. The third-order valence-corrected chi connectivity index (χ3v) is 4.20. The molecule has 1 saturated heterocycles. The van der Waals surface area contributed by atoms with Crippen LogP contribution < -0.4 is 5.32 Å². The number of aryl methyl sites for hydroxylation is 1. The molecule has 2 rings (SSSR count). The Kier molecular flexibility index (Phi) is 2.71. The van der Waals surface area contributed by atoms with Gasteiger partial charge in [-0.25, -0.2) is 4.98 Å². The van der Waals surface area contributed by atoms with E-state index >= 15 is 0 Å². The van der Waals surface area contributed by atoms with Gasteiger partial charge in [0.15, 0.2) is 0 Å². The molecule has 2 unspecified atom stereocenters. The number of rotatable bonds is 2. The first kappa shape index (κ1) is 11.5. The summed E-state index contributed by atoms with van der Waals surface area (Å²) >= 11 is 1.60. The molecule has 0 aromatic carbocycles. The van der Waals surface area contributed by atoms with Crippen LogP contribution in [-0.2, 0) is 11.8 Å². The molecule has 5 nitrogen and oxygen atoms in total. The number of thioether (sulfide) groups is 1. The van der Waals surface area contributed by atoms with E-state index in [1.165, 1.54) is 0 Å². The van der Waals surface area contributed by atoms with Crippen LogP contribution in [0.3, 0.4) is 0 Å². The fourth-order valence-electron chi connectivity index (χ4n) is 1.88. The molecule has 88 valence electrons. The van der Waals surface area contributed by atoms with E-state index in [1.807, 2.05) is 31.7 Å². The van der Waals surface area contributed by atoms with Gasteiger partial charge in [-0.05, 0) is 13.8 Å². The highest BCUT2D eigenvalue weighted by atomic mass is 32.2. The van der Waals surface area contributed by atoms with Gasteiger partial charge in [0.05, 0.1) is 0 Å². The zero-order chi connectivity index (χ0) is 11.9. The number of carbonyl (C=O) groups is 1. The van der Waals surface area contributed by atoms with Crippen LogP contribution in [0, 0.1) is 0 Å². The van der Waals surface area contributed by atoms with Crippen LogP contribution in [-0.4, -0.2) is 31.4 Å². The van der Waals surface area contributed by atoms with Crippen molar-refractivity contribution in [2.75, 3.05) is 0 Å². The molecule has 6 heteroatoms. The quantitative estimate of drug-likeness (QED) is 0.808. The van der Waals surface area contributed by atoms with Gasteiger partial charge in [0.2, 0.25) is 0 Å². The average molecular weight is 241 g/mol. The van der Waals surface area contributed by atoms with Crippen LogP contribution in [0.1, 0.15) is 25.0 Å². The van der Waals surface area contributed by atoms with Gasteiger partial charge in [-0.3, -0.25) is 10.1 Å². The topological polar surface area (TPSA) is 67.2 Å². The first-order valence-corrected chi connectivity index (χ1v) is 5.93. The lowest BCUT2D eigenvalue weighted by atomic mass is 10.0. The Labute approximate surface area is 98.2 Å². The summed E-state index contributed by atoms with van der Waals surface area (Å²) in [6.07, 6.45) is 3.58. The smallest absolute Gasteiger partial charge is 0.322 e. The maximum Gasteiger partial charge on any atom is 0.322 e. The molecule has 2 heterocycles. The Morgan fingerprint density at radius 1 is 1.69 bits per heavy atom. The van der Waals surface area contributed by atoms with Crippen LogP contribution in [0.2, 0.25) is 0 Å². The van der Waals surface area contributed by atoms with Crippen molar-refractivity contribution in [3.8, 4) is 0 Å². The summed E-state index contributed by atoms with van der Waals surface area (Å²) in [5, 5.41) is 12.2. The van der Waals surface area contributed by atoms with Gasteiger partial charge in [0, 0.05) is 24.2 Å². The molecule has 1 fully saturated rings. The Bertz CT molecular complexity index is 416. The lowest BCUT2D eigenvalue weighted by molar-refractivity contribution is -0.139. The zero-order valence-electron chi connectivity index (χ0n) is 9.47. The van der Waals surface area contributed by atoms with Crippen LogP contribution in [0.4, 0.5) is 0 Å². The number of nitrogens with one attached hydrogen (secondary N) is 1. The van der Waals surface area contributed by atoms with Crippen molar-refractivity contribution in [1.29, 1.82) is 0 Å². The monoisotopic (exact) mass is 241 g/mol. The number of imidazole rings is 1. The van der Waals surface area contributed by atoms with Crippen molar-refractivity contribution in [2.45, 2.75) is 30.0 Å². The highest BCUT2D eigenvalue weighted by molar-refractivity contribution is 8.01. The normalized spacial score (nSPS) is 28.2. The van der Waals surface area contributed by atoms with Gasteiger partial charge in [-0.1, -0.05) is 0 Å². The van der Waals surface area contributed by atoms with E-state index in [0.29, 0.717) is 0 Å². The van der Waals surface area contributed by atoms with Crippen LogP contribution in [0.25, 0.3) is 0 Å². The van der Waals surface area contributed by atoms with E-state index in [0.717, 1.165) is 5.82 Å². The zero-order valence-corrected chi connectivity index (χ0v) is 10.3. The molecule has 0 amide bonds. The average Bonchev–Trinajstić information content (AvgIpc) is 2.68. The number of aromatic nitrogens is 2. The lowest BCUT2D eigenvalue weighted by Crippen LogP contribution is -2.43. The minimum atomic E-state index is -0.811. The summed E-state index contributed by atoms with van der Waals surface area (Å²) in [6, 6.07) is -0.542. The largest absolute Gasteiger partial charge is 0.480 e. The van der Waals surface area contributed by atoms with E-state index < -0.39 is 12.0 Å². The minimum absolute atomic E-state index is 0.0592. The van der Waals surface area contributed by atoms with E-state index in [9.17, 15) is 4.79 Å². The van der Waals surface area contributed by atoms with E-state index in [4.69, 9.17) is 5.11 Å². The maximum atomic E-state index is 11.1. The Morgan fingerprint density at radius 2 is 2.38 bits per heavy atom. The number of carboxylic acid groups (broad SMARTS) is 1. The number of aliphatic carboxylic acids is 1. The van der Waals surface area contributed by atoms with Crippen molar-refractivity contribution in [3.05, 3.63) is 18.2 Å². The third kappa shape index (κ3) is 1.82. The van der Waals surface area contributed by atoms with Crippen molar-refractivity contribution >= 4 is 17.7 Å². The third-order valence-electron chi connectivity index (χ3n) is 2.77. The Morgan fingerprint density at radius 3 is 2.81 bits per heavy atom. The molecule has 2 atom stereocenters. The molecule has 0 bridgehead atoms. The van der Waals surface area contributed by atoms with Gasteiger partial charge in [0.1, 0.15) is 17.2 Å². The molecule has 16 heavy (non-hydrogen) atoms. The first-order chi connectivity index (χ1) is 7.42. The molecule has 1 aromatic rings. The summed E-state index contributed by atoms with van der Waals surface area (Å²) in [7, 11) is 1.91. The fraction of sp³-hybridized carbons (Fsp3) is 0.600. The second kappa shape index (κ2) is 3.78. The number of hydrogen-bond donors (Lipinski definition) is 2. The molecular formula is C10H15N3O2S. The van der Waals surface area contributed by atoms with Crippen molar-refractivity contribution in [3.63, 3.8) is 0 Å². The second-order valence-electron chi connectivity index (χ2n) is 4.44. The van der Waals surface area contributed by atoms with Crippen LogP contribution >= 0.6 is 11.8 Å². The van der Waals surface area contributed by atoms with Gasteiger partial charge in [0.25, 0.3) is 0 Å². The summed E-state index contributed by atoms with van der Waals surface area (Å²) in [5.41, 5.74) is 0. The summed E-state index contributed by atoms with van der Waals surface area (Å²) in [4.78, 5) is 15.4. The first-order valence-electron chi connectivity index (χ1n) is 5.06. The van der Waals surface area contributed by atoms with Gasteiger partial charge >= 0.3 is 5.97 Å². The Balaban J connectivity index is 2.24. The number of nitrogens with zero attached hydrogens (tertiary/aromatic N) is 2. The van der Waals surface area contributed by atoms with Crippen LogP contribution in [0.15, 0.2) is 12.4 Å². The van der Waals surface area contributed by atoms with E-state index in [-0.39, 0.29) is 10.1 Å². The highest BCUT2D eigenvalue weighted by Crippen LogP contribution is 2.44. The fourth-order valence-corrected chi connectivity index (χ4v) is 3.33. The van der Waals surface area contributed by atoms with Crippen molar-refractivity contribution in [2.24, 2.45) is 7.05 Å². The molecule has 0 saturated carbocycles. The maximum absolute atomic E-state index is 11.1. The lowest BCUT2D eigenvalue weighted by Gasteiger charge is -2.20. The molecule has 0 radical (unpaired) electrons. The molecule has 0 aliphatic carbocycles. The minimum Gasteiger partial charge on any atom is -0.480 e. The van der Waals surface area contributed by atoms with Gasteiger partial charge in [-0.2, -0.15) is 0 Å². The number of carboxylic acids is 1. The number of hydrogen-bond acceptors (Lipinski definition) is 4. The SMILES string of the molecule is Cn1ccnc1C1NC(C(=O)O)C(C)(C)S1. The highest BCUT2D eigenvalue weighted by Gasteiger charge is 2.46. The molecule has 2 N–H and O–H groups in total. The van der Waals surface area contributed by atoms with Gasteiger partial charge < -0.3 is 9.67 Å². The molecular weight excluding hydrogens is 226 g/mol. The predicted molar refractivity (Wildman–Crippen MR) is 62.2 cm³/mol. The molecule has 1 aliphatic heterocycles.